The Kier molecular flexibility index (Phi) is 8.45. The Morgan fingerprint density at radius 2 is 2.05 bits per heavy atom. The highest BCUT2D eigenvalue weighted by molar-refractivity contribution is 7.89. The molecule has 0 saturated carbocycles. The lowest BCUT2D eigenvalue weighted by Gasteiger charge is -2.42. The molecule has 13 nitrogen and oxygen atoms in total. The molecular weight excluding hydrogens is 572 g/mol. The van der Waals surface area contributed by atoms with Gasteiger partial charge in [0.05, 0.1) is 6.54 Å². The molecule has 218 valence electrons. The molecule has 2 aliphatic rings. The molecule has 1 N–H and O–H groups in total. The zero-order valence-corrected chi connectivity index (χ0v) is 24.2. The number of hydrogen-bond acceptors (Lipinski definition) is 10. The van der Waals surface area contributed by atoms with Crippen molar-refractivity contribution in [1.29, 1.82) is 0 Å². The summed E-state index contributed by atoms with van der Waals surface area (Å²) in [6, 6.07) is 7.93. The van der Waals surface area contributed by atoms with E-state index < -0.39 is 33.5 Å². The number of amides is 1. The molecule has 3 aromatic rings. The van der Waals surface area contributed by atoms with Gasteiger partial charge in [0, 0.05) is 38.1 Å². The molecule has 15 heteroatoms. The minimum absolute atomic E-state index is 0.112. The van der Waals surface area contributed by atoms with E-state index >= 15 is 0 Å². The number of halogens is 1. The molecule has 0 radical (unpaired) electrons. The second-order valence-electron chi connectivity index (χ2n) is 9.76. The summed E-state index contributed by atoms with van der Waals surface area (Å²) in [5, 5.41) is 2.13. The Morgan fingerprint density at radius 3 is 2.76 bits per heavy atom. The number of carbonyl (C=O) groups is 1. The van der Waals surface area contributed by atoms with Crippen LogP contribution in [0.4, 0.5) is 5.82 Å². The second-order valence-corrected chi connectivity index (χ2v) is 12.2. The number of imidazole rings is 1. The standard InChI is InChI=1S/C26H31ClN8O5S/c1-4-24(32(2)3)41(37,38)34-11-12-35(23-13-22(27)30-26(31-23)33-10-9-28-17-33)19(15-34)25(36)29-14-18-16-39-20-7-5-6-8-21(20)40-18/h4-10,13,17-19,24H,1,11-12,14-16H2,2-3H3,(H,29,36). The monoisotopic (exact) mass is 602 g/mol. The third-order valence-electron chi connectivity index (χ3n) is 6.79. The Bertz CT molecular complexity index is 1500. The van der Waals surface area contributed by atoms with Crippen molar-refractivity contribution < 1.29 is 22.7 Å². The Labute approximate surface area is 243 Å². The van der Waals surface area contributed by atoms with Gasteiger partial charge in [0.1, 0.15) is 41.4 Å². The number of sulfonamides is 1. The van der Waals surface area contributed by atoms with E-state index in [2.05, 4.69) is 26.8 Å². The summed E-state index contributed by atoms with van der Waals surface area (Å²) < 4.78 is 41.7. The van der Waals surface area contributed by atoms with Gasteiger partial charge in [0.2, 0.25) is 21.9 Å². The molecule has 2 aromatic heterocycles. The summed E-state index contributed by atoms with van der Waals surface area (Å²) in [5.74, 6) is 1.49. The van der Waals surface area contributed by atoms with E-state index in [0.29, 0.717) is 17.3 Å². The lowest BCUT2D eigenvalue weighted by molar-refractivity contribution is -0.123. The van der Waals surface area contributed by atoms with Crippen LogP contribution in [-0.4, -0.2) is 107 Å². The van der Waals surface area contributed by atoms with Crippen LogP contribution in [0.1, 0.15) is 0 Å². The lowest BCUT2D eigenvalue weighted by Crippen LogP contribution is -2.62. The van der Waals surface area contributed by atoms with Gasteiger partial charge in [-0.05, 0) is 26.2 Å². The van der Waals surface area contributed by atoms with Gasteiger partial charge in [-0.15, -0.1) is 6.58 Å². The van der Waals surface area contributed by atoms with Crippen molar-refractivity contribution in [3.05, 3.63) is 66.9 Å². The van der Waals surface area contributed by atoms with Gasteiger partial charge in [-0.25, -0.2) is 18.4 Å². The van der Waals surface area contributed by atoms with Gasteiger partial charge in [-0.2, -0.15) is 9.29 Å². The number of ether oxygens (including phenoxy) is 2. The van der Waals surface area contributed by atoms with Crippen LogP contribution >= 0.6 is 11.6 Å². The zero-order chi connectivity index (χ0) is 29.1. The number of rotatable bonds is 9. The SMILES string of the molecule is C=CC(N(C)C)S(=O)(=O)N1CCN(c2cc(Cl)nc(-n3ccnc3)n2)C(C(=O)NCC2COc3ccccc3O2)C1. The highest BCUT2D eigenvalue weighted by Gasteiger charge is 2.41. The molecule has 1 fully saturated rings. The molecule has 41 heavy (non-hydrogen) atoms. The Balaban J connectivity index is 1.40. The van der Waals surface area contributed by atoms with Crippen molar-refractivity contribution in [1.82, 2.24) is 34.0 Å². The van der Waals surface area contributed by atoms with Gasteiger partial charge in [-0.1, -0.05) is 29.8 Å². The maximum atomic E-state index is 13.7. The number of anilines is 1. The quantitative estimate of drug-likeness (QED) is 0.281. The number of likely N-dealkylation sites (N-methyl/N-ethyl adjacent to an activating group) is 1. The van der Waals surface area contributed by atoms with Crippen LogP contribution in [0.2, 0.25) is 5.15 Å². The van der Waals surface area contributed by atoms with Crippen molar-refractivity contribution in [3.63, 3.8) is 0 Å². The minimum Gasteiger partial charge on any atom is -0.486 e. The molecule has 0 spiro atoms. The Hall–Kier alpha value is -3.72. The number of carbonyl (C=O) groups excluding carboxylic acids is 1. The summed E-state index contributed by atoms with van der Waals surface area (Å²) in [5.41, 5.74) is 0. The maximum Gasteiger partial charge on any atom is 0.244 e. The summed E-state index contributed by atoms with van der Waals surface area (Å²) in [7, 11) is -0.524. The first-order valence-corrected chi connectivity index (χ1v) is 14.8. The van der Waals surface area contributed by atoms with Crippen LogP contribution in [-0.2, 0) is 14.8 Å². The van der Waals surface area contributed by atoms with E-state index in [4.69, 9.17) is 21.1 Å². The number of benzene rings is 1. The molecule has 3 unspecified atom stereocenters. The molecule has 2 aliphatic heterocycles. The van der Waals surface area contributed by atoms with E-state index in [-0.39, 0.29) is 43.9 Å². The third-order valence-corrected chi connectivity index (χ3v) is 9.26. The second kappa shape index (κ2) is 12.0. The van der Waals surface area contributed by atoms with Gasteiger partial charge < -0.3 is 19.7 Å². The highest BCUT2D eigenvalue weighted by atomic mass is 35.5. The minimum atomic E-state index is -3.85. The molecule has 0 bridgehead atoms. The summed E-state index contributed by atoms with van der Waals surface area (Å²) in [6.45, 7) is 4.31. The fourth-order valence-corrected chi connectivity index (χ4v) is 6.71. The highest BCUT2D eigenvalue weighted by Crippen LogP contribution is 2.31. The first-order chi connectivity index (χ1) is 19.7. The Morgan fingerprint density at radius 1 is 1.27 bits per heavy atom. The average molecular weight is 603 g/mol. The fourth-order valence-electron chi connectivity index (χ4n) is 4.77. The number of nitrogens with one attached hydrogen (secondary N) is 1. The first-order valence-electron chi connectivity index (χ1n) is 12.9. The van der Waals surface area contributed by atoms with Gasteiger partial charge in [-0.3, -0.25) is 14.3 Å². The summed E-state index contributed by atoms with van der Waals surface area (Å²) in [6.07, 6.45) is 5.73. The number of hydrogen-bond donors (Lipinski definition) is 1. The van der Waals surface area contributed by atoms with Crippen molar-refractivity contribution in [3.8, 4) is 17.4 Å². The van der Waals surface area contributed by atoms with Gasteiger partial charge >= 0.3 is 0 Å². The van der Waals surface area contributed by atoms with Crippen LogP contribution in [0.3, 0.4) is 0 Å². The van der Waals surface area contributed by atoms with E-state index in [1.165, 1.54) is 16.7 Å². The predicted molar refractivity (Wildman–Crippen MR) is 153 cm³/mol. The molecule has 1 amide bonds. The van der Waals surface area contributed by atoms with Gasteiger partial charge in [0.25, 0.3) is 0 Å². The molecular formula is C26H31ClN8O5S. The van der Waals surface area contributed by atoms with E-state index in [0.717, 1.165) is 0 Å². The first kappa shape index (κ1) is 28.8. The van der Waals surface area contributed by atoms with Crippen molar-refractivity contribution >= 4 is 33.3 Å². The smallest absolute Gasteiger partial charge is 0.244 e. The third kappa shape index (κ3) is 6.15. The van der Waals surface area contributed by atoms with Crippen LogP contribution in [0.25, 0.3) is 5.95 Å². The molecule has 5 rings (SSSR count). The number of piperazine rings is 1. The van der Waals surface area contributed by atoms with E-state index in [9.17, 15) is 13.2 Å². The topological polar surface area (TPSA) is 135 Å². The summed E-state index contributed by atoms with van der Waals surface area (Å²) in [4.78, 5) is 29.9. The predicted octanol–water partition coefficient (Wildman–Crippen LogP) is 1.17. The van der Waals surface area contributed by atoms with Crippen molar-refractivity contribution in [2.24, 2.45) is 0 Å². The molecule has 1 aromatic carbocycles. The van der Waals surface area contributed by atoms with Crippen LogP contribution in [0, 0.1) is 0 Å². The number of aromatic nitrogens is 4. The lowest BCUT2D eigenvalue weighted by atomic mass is 10.1. The number of fused-ring (bicyclic) bond motifs is 1. The molecule has 3 atom stereocenters. The van der Waals surface area contributed by atoms with Crippen molar-refractivity contribution in [2.45, 2.75) is 17.5 Å². The number of para-hydroxylation sites is 2. The zero-order valence-electron chi connectivity index (χ0n) is 22.6. The molecule has 4 heterocycles. The van der Waals surface area contributed by atoms with Crippen LogP contribution < -0.4 is 19.7 Å². The maximum absolute atomic E-state index is 13.7. The van der Waals surface area contributed by atoms with Crippen LogP contribution in [0.5, 0.6) is 11.5 Å². The fraction of sp³-hybridized carbons (Fsp3) is 0.385. The number of nitrogens with zero attached hydrogens (tertiary/aromatic N) is 7. The van der Waals surface area contributed by atoms with E-state index in [1.807, 2.05) is 18.2 Å². The van der Waals surface area contributed by atoms with Crippen LogP contribution in [0.15, 0.2) is 61.7 Å². The normalized spacial score (nSPS) is 20.0. The van der Waals surface area contributed by atoms with Crippen molar-refractivity contribution in [2.75, 3.05) is 51.8 Å². The largest absolute Gasteiger partial charge is 0.486 e. The molecule has 0 aliphatic carbocycles. The summed E-state index contributed by atoms with van der Waals surface area (Å²) >= 11 is 6.35. The average Bonchev–Trinajstić information content (AvgIpc) is 3.50. The van der Waals surface area contributed by atoms with E-state index in [1.54, 1.807) is 53.0 Å². The van der Waals surface area contributed by atoms with Gasteiger partial charge in [0.15, 0.2) is 11.5 Å². The molecule has 1 saturated heterocycles.